The molecule has 0 bridgehead atoms. The van der Waals surface area contributed by atoms with Gasteiger partial charge in [-0.25, -0.2) is 0 Å². The molecule has 0 unspecified atom stereocenters. The van der Waals surface area contributed by atoms with Gasteiger partial charge < -0.3 is 9.80 Å². The molecule has 0 spiro atoms. The summed E-state index contributed by atoms with van der Waals surface area (Å²) in [6, 6.07) is 20.4. The summed E-state index contributed by atoms with van der Waals surface area (Å²) in [5.41, 5.74) is 7.18. The lowest BCUT2D eigenvalue weighted by atomic mass is 10.1. The number of pyridine rings is 1. The fraction of sp³-hybridized carbons (Fsp3) is 0.250. The molecular formula is C28H29N5O. The number of carbonyl (C=O) groups is 1. The molecule has 1 aliphatic heterocycles. The van der Waals surface area contributed by atoms with Crippen molar-refractivity contribution in [3.05, 3.63) is 102 Å². The monoisotopic (exact) mass is 451 g/mol. The molecule has 6 nitrogen and oxygen atoms in total. The Morgan fingerprint density at radius 2 is 1.71 bits per heavy atom. The summed E-state index contributed by atoms with van der Waals surface area (Å²) in [7, 11) is 0. The van der Waals surface area contributed by atoms with Gasteiger partial charge in [-0.1, -0.05) is 42.5 Å². The van der Waals surface area contributed by atoms with Crippen LogP contribution in [0.4, 0.5) is 5.69 Å². The van der Waals surface area contributed by atoms with Gasteiger partial charge in [-0.15, -0.1) is 0 Å². The van der Waals surface area contributed by atoms with Crippen LogP contribution < -0.4 is 4.90 Å². The number of piperazine rings is 1. The fourth-order valence-electron chi connectivity index (χ4n) is 4.54. The number of benzene rings is 2. The number of hydrogen-bond acceptors (Lipinski definition) is 4. The quantitative estimate of drug-likeness (QED) is 0.446. The van der Waals surface area contributed by atoms with E-state index in [-0.39, 0.29) is 5.91 Å². The van der Waals surface area contributed by atoms with Gasteiger partial charge in [0.05, 0.1) is 12.1 Å². The van der Waals surface area contributed by atoms with E-state index in [0.717, 1.165) is 24.2 Å². The number of amides is 1. The molecule has 2 aromatic heterocycles. The highest BCUT2D eigenvalue weighted by atomic mass is 16.2. The molecular weight excluding hydrogens is 422 g/mol. The molecule has 5 rings (SSSR count). The van der Waals surface area contributed by atoms with Gasteiger partial charge in [0.25, 0.3) is 5.91 Å². The molecule has 3 heterocycles. The van der Waals surface area contributed by atoms with E-state index in [9.17, 15) is 4.79 Å². The van der Waals surface area contributed by atoms with Crippen LogP contribution in [0.15, 0.2) is 79.3 Å². The van der Waals surface area contributed by atoms with E-state index in [4.69, 9.17) is 5.10 Å². The SMILES string of the molecule is Cc1cccc(N2CCN(C(=O)c3cn(Cc4ccccc4)nc3-c3cccnc3)CC2)c1C. The van der Waals surface area contributed by atoms with Crippen molar-refractivity contribution in [1.29, 1.82) is 0 Å². The lowest BCUT2D eigenvalue weighted by molar-refractivity contribution is 0.0747. The second-order valence-electron chi connectivity index (χ2n) is 8.81. The highest BCUT2D eigenvalue weighted by Gasteiger charge is 2.27. The van der Waals surface area contributed by atoms with Gasteiger partial charge in [0, 0.05) is 56.0 Å². The van der Waals surface area contributed by atoms with Crippen molar-refractivity contribution >= 4 is 11.6 Å². The van der Waals surface area contributed by atoms with Crippen molar-refractivity contribution in [2.45, 2.75) is 20.4 Å². The van der Waals surface area contributed by atoms with E-state index in [1.807, 2.05) is 46.1 Å². The number of nitrogens with zero attached hydrogens (tertiary/aromatic N) is 5. The minimum absolute atomic E-state index is 0.0266. The summed E-state index contributed by atoms with van der Waals surface area (Å²) in [6.07, 6.45) is 5.39. The second-order valence-corrected chi connectivity index (χ2v) is 8.81. The van der Waals surface area contributed by atoms with E-state index >= 15 is 0 Å². The van der Waals surface area contributed by atoms with Gasteiger partial charge in [0.15, 0.2) is 0 Å². The Morgan fingerprint density at radius 3 is 2.44 bits per heavy atom. The van der Waals surface area contributed by atoms with Crippen LogP contribution in [0, 0.1) is 13.8 Å². The molecule has 0 N–H and O–H groups in total. The molecule has 1 fully saturated rings. The molecule has 0 aliphatic carbocycles. The Labute approximate surface area is 200 Å². The van der Waals surface area contributed by atoms with E-state index in [1.54, 1.807) is 12.4 Å². The van der Waals surface area contributed by atoms with Crippen molar-refractivity contribution in [2.24, 2.45) is 0 Å². The number of aryl methyl sites for hydroxylation is 1. The van der Waals surface area contributed by atoms with Crippen LogP contribution in [0.3, 0.4) is 0 Å². The minimum atomic E-state index is 0.0266. The highest BCUT2D eigenvalue weighted by molar-refractivity contribution is 5.99. The van der Waals surface area contributed by atoms with Crippen molar-refractivity contribution in [3.63, 3.8) is 0 Å². The van der Waals surface area contributed by atoms with Crippen LogP contribution in [0.5, 0.6) is 0 Å². The summed E-state index contributed by atoms with van der Waals surface area (Å²) in [5.74, 6) is 0.0266. The maximum atomic E-state index is 13.7. The minimum Gasteiger partial charge on any atom is -0.368 e. The Bertz CT molecular complexity index is 1270. The molecule has 172 valence electrons. The summed E-state index contributed by atoms with van der Waals surface area (Å²) in [4.78, 5) is 22.2. The third kappa shape index (κ3) is 4.44. The maximum absolute atomic E-state index is 13.7. The average molecular weight is 452 g/mol. The Morgan fingerprint density at radius 1 is 0.912 bits per heavy atom. The maximum Gasteiger partial charge on any atom is 0.257 e. The van der Waals surface area contributed by atoms with E-state index in [0.29, 0.717) is 30.9 Å². The lowest BCUT2D eigenvalue weighted by Crippen LogP contribution is -2.49. The van der Waals surface area contributed by atoms with Gasteiger partial charge in [0.2, 0.25) is 0 Å². The van der Waals surface area contributed by atoms with Gasteiger partial charge in [-0.05, 0) is 48.7 Å². The molecule has 34 heavy (non-hydrogen) atoms. The predicted octanol–water partition coefficient (Wildman–Crippen LogP) is 4.57. The van der Waals surface area contributed by atoms with Gasteiger partial charge in [-0.3, -0.25) is 14.5 Å². The first-order valence-corrected chi connectivity index (χ1v) is 11.7. The summed E-state index contributed by atoms with van der Waals surface area (Å²) >= 11 is 0. The van der Waals surface area contributed by atoms with Crippen molar-refractivity contribution in [3.8, 4) is 11.3 Å². The Balaban J connectivity index is 1.38. The van der Waals surface area contributed by atoms with Crippen molar-refractivity contribution in [1.82, 2.24) is 19.7 Å². The topological polar surface area (TPSA) is 54.3 Å². The smallest absolute Gasteiger partial charge is 0.257 e. The molecule has 0 atom stereocenters. The molecule has 6 heteroatoms. The largest absolute Gasteiger partial charge is 0.368 e. The second kappa shape index (κ2) is 9.51. The third-order valence-corrected chi connectivity index (χ3v) is 6.60. The number of hydrogen-bond donors (Lipinski definition) is 0. The summed E-state index contributed by atoms with van der Waals surface area (Å²) in [5, 5.41) is 4.79. The molecule has 4 aromatic rings. The summed E-state index contributed by atoms with van der Waals surface area (Å²) in [6.45, 7) is 7.93. The van der Waals surface area contributed by atoms with E-state index in [1.165, 1.54) is 16.8 Å². The number of rotatable bonds is 5. The van der Waals surface area contributed by atoms with Crippen LogP contribution in [-0.2, 0) is 6.54 Å². The molecule has 1 amide bonds. The van der Waals surface area contributed by atoms with Crippen LogP contribution >= 0.6 is 0 Å². The van der Waals surface area contributed by atoms with Crippen LogP contribution in [0.2, 0.25) is 0 Å². The van der Waals surface area contributed by atoms with Crippen LogP contribution in [0.1, 0.15) is 27.0 Å². The third-order valence-electron chi connectivity index (χ3n) is 6.60. The average Bonchev–Trinajstić information content (AvgIpc) is 3.30. The van der Waals surface area contributed by atoms with Gasteiger partial charge in [-0.2, -0.15) is 5.10 Å². The number of anilines is 1. The first kappa shape index (κ1) is 21.9. The fourth-order valence-corrected chi connectivity index (χ4v) is 4.54. The predicted molar refractivity (Wildman–Crippen MR) is 135 cm³/mol. The standard InChI is InChI=1S/C28H29N5O/c1-21-8-6-12-26(22(21)2)31-14-16-32(17-15-31)28(34)25-20-33(19-23-9-4-3-5-10-23)30-27(25)24-11-7-13-29-18-24/h3-13,18,20H,14-17,19H2,1-2H3. The zero-order valence-corrected chi connectivity index (χ0v) is 19.7. The van der Waals surface area contributed by atoms with E-state index < -0.39 is 0 Å². The van der Waals surface area contributed by atoms with Crippen molar-refractivity contribution < 1.29 is 4.79 Å². The molecule has 2 aromatic carbocycles. The Kier molecular flexibility index (Phi) is 6.12. The van der Waals surface area contributed by atoms with Crippen molar-refractivity contribution in [2.75, 3.05) is 31.1 Å². The van der Waals surface area contributed by atoms with Crippen LogP contribution in [-0.4, -0.2) is 51.8 Å². The summed E-state index contributed by atoms with van der Waals surface area (Å²) < 4.78 is 1.86. The molecule has 0 radical (unpaired) electrons. The number of aromatic nitrogens is 3. The first-order valence-electron chi connectivity index (χ1n) is 11.7. The Hall–Kier alpha value is -3.93. The molecule has 1 aliphatic rings. The van der Waals surface area contributed by atoms with Crippen LogP contribution in [0.25, 0.3) is 11.3 Å². The zero-order chi connectivity index (χ0) is 23.5. The zero-order valence-electron chi connectivity index (χ0n) is 19.7. The van der Waals surface area contributed by atoms with Gasteiger partial charge in [0.1, 0.15) is 5.69 Å². The number of carbonyl (C=O) groups excluding carboxylic acids is 1. The molecule has 0 saturated carbocycles. The van der Waals surface area contributed by atoms with Gasteiger partial charge >= 0.3 is 0 Å². The molecule has 1 saturated heterocycles. The normalized spacial score (nSPS) is 13.8. The first-order chi connectivity index (χ1) is 16.6. The van der Waals surface area contributed by atoms with E-state index in [2.05, 4.69) is 54.1 Å². The highest BCUT2D eigenvalue weighted by Crippen LogP contribution is 2.26. The lowest BCUT2D eigenvalue weighted by Gasteiger charge is -2.37.